The number of rotatable bonds is 6. The number of benzene rings is 1. The highest BCUT2D eigenvalue weighted by molar-refractivity contribution is 5.72. The first-order valence-electron chi connectivity index (χ1n) is 9.54. The lowest BCUT2D eigenvalue weighted by atomic mass is 9.88. The van der Waals surface area contributed by atoms with Gasteiger partial charge < -0.3 is 14.8 Å². The summed E-state index contributed by atoms with van der Waals surface area (Å²) in [7, 11) is 1.68. The molecule has 2 heterocycles. The van der Waals surface area contributed by atoms with Crippen molar-refractivity contribution >= 4 is 12.0 Å². The van der Waals surface area contributed by atoms with Gasteiger partial charge in [0, 0.05) is 33.1 Å². The average molecular weight is 358 g/mol. The van der Waals surface area contributed by atoms with Crippen molar-refractivity contribution in [1.82, 2.24) is 10.2 Å². The Kier molecular flexibility index (Phi) is 6.33. The van der Waals surface area contributed by atoms with Gasteiger partial charge in [-0.2, -0.15) is 0 Å². The molecule has 0 aromatic heterocycles. The van der Waals surface area contributed by atoms with E-state index < -0.39 is 0 Å². The van der Waals surface area contributed by atoms with Crippen molar-refractivity contribution in [3.05, 3.63) is 35.9 Å². The predicted octanol–water partition coefficient (Wildman–Crippen LogP) is 2.86. The van der Waals surface area contributed by atoms with Crippen LogP contribution in [0.25, 0.3) is 6.08 Å². The summed E-state index contributed by atoms with van der Waals surface area (Å²) in [6.45, 7) is 5.31. The maximum Gasteiger partial charge on any atom is 0.216 e. The number of ether oxygens (including phenoxy) is 2. The Hall–Kier alpha value is -1.85. The average Bonchev–Trinajstić information content (AvgIpc) is 3.05. The van der Waals surface area contributed by atoms with Gasteiger partial charge in [-0.15, -0.1) is 0 Å². The van der Waals surface area contributed by atoms with E-state index in [0.717, 1.165) is 51.1 Å². The van der Waals surface area contributed by atoms with Crippen LogP contribution >= 0.6 is 0 Å². The van der Waals surface area contributed by atoms with E-state index in [-0.39, 0.29) is 17.6 Å². The second-order valence-electron chi connectivity index (χ2n) is 7.37. The summed E-state index contributed by atoms with van der Waals surface area (Å²) < 4.78 is 11.5. The molecule has 3 rings (SSSR count). The first kappa shape index (κ1) is 18.9. The summed E-state index contributed by atoms with van der Waals surface area (Å²) in [5.74, 6) is 0.907. The van der Waals surface area contributed by atoms with Crippen molar-refractivity contribution < 1.29 is 14.3 Å². The molecule has 5 heteroatoms. The molecule has 1 aromatic carbocycles. The van der Waals surface area contributed by atoms with Crippen LogP contribution in [-0.4, -0.2) is 55.8 Å². The van der Waals surface area contributed by atoms with E-state index in [2.05, 4.69) is 34.5 Å². The van der Waals surface area contributed by atoms with Gasteiger partial charge in [0.25, 0.3) is 0 Å². The number of nitrogens with one attached hydrogen (secondary N) is 1. The molecule has 0 saturated carbocycles. The Morgan fingerprint density at radius 3 is 2.69 bits per heavy atom. The normalized spacial score (nSPS) is 22.8. The number of methoxy groups -OCH3 is 1. The van der Waals surface area contributed by atoms with Crippen LogP contribution in [-0.2, 0) is 9.53 Å². The Morgan fingerprint density at radius 1 is 1.31 bits per heavy atom. The fourth-order valence-corrected chi connectivity index (χ4v) is 3.86. The van der Waals surface area contributed by atoms with E-state index in [4.69, 9.17) is 9.47 Å². The molecule has 2 aliphatic heterocycles. The van der Waals surface area contributed by atoms with Crippen molar-refractivity contribution in [3.8, 4) is 5.75 Å². The molecule has 0 unspecified atom stereocenters. The first-order chi connectivity index (χ1) is 12.6. The number of likely N-dealkylation sites (tertiary alicyclic amines) is 1. The van der Waals surface area contributed by atoms with Crippen LogP contribution in [0.2, 0.25) is 0 Å². The van der Waals surface area contributed by atoms with Gasteiger partial charge in [-0.1, -0.05) is 24.3 Å². The summed E-state index contributed by atoms with van der Waals surface area (Å²) in [4.78, 5) is 13.5. The number of hydrogen-bond acceptors (Lipinski definition) is 4. The highest BCUT2D eigenvalue weighted by atomic mass is 16.5. The van der Waals surface area contributed by atoms with E-state index in [9.17, 15) is 4.79 Å². The van der Waals surface area contributed by atoms with Crippen molar-refractivity contribution in [2.24, 2.45) is 0 Å². The Labute approximate surface area is 156 Å². The van der Waals surface area contributed by atoms with Gasteiger partial charge >= 0.3 is 0 Å². The van der Waals surface area contributed by atoms with E-state index in [0.29, 0.717) is 6.54 Å². The van der Waals surface area contributed by atoms with Crippen molar-refractivity contribution in [3.63, 3.8) is 0 Å². The lowest BCUT2D eigenvalue weighted by Gasteiger charge is -2.38. The SMILES string of the molecule is COc1ccc(/C=C/CN2CCC3(CC[C@H](CNC(C)=O)O3)CC2)cc1. The van der Waals surface area contributed by atoms with Crippen LogP contribution in [0, 0.1) is 0 Å². The predicted molar refractivity (Wildman–Crippen MR) is 103 cm³/mol. The number of hydrogen-bond donors (Lipinski definition) is 1. The number of nitrogens with zero attached hydrogens (tertiary/aromatic N) is 1. The van der Waals surface area contributed by atoms with Gasteiger partial charge in [0.1, 0.15) is 5.75 Å². The lowest BCUT2D eigenvalue weighted by molar-refractivity contribution is -0.120. The number of piperidine rings is 1. The minimum atomic E-state index is 0.0213. The molecule has 5 nitrogen and oxygen atoms in total. The summed E-state index contributed by atoms with van der Waals surface area (Å²) in [6, 6.07) is 8.11. The zero-order valence-corrected chi connectivity index (χ0v) is 15.9. The van der Waals surface area contributed by atoms with Crippen LogP contribution in [0.4, 0.5) is 0 Å². The zero-order chi connectivity index (χ0) is 18.4. The van der Waals surface area contributed by atoms with Crippen LogP contribution < -0.4 is 10.1 Å². The lowest BCUT2D eigenvalue weighted by Crippen LogP contribution is -2.45. The second kappa shape index (κ2) is 8.69. The van der Waals surface area contributed by atoms with Crippen LogP contribution in [0.5, 0.6) is 5.75 Å². The van der Waals surface area contributed by atoms with Crippen molar-refractivity contribution in [2.75, 3.05) is 33.3 Å². The highest BCUT2D eigenvalue weighted by Crippen LogP contribution is 2.38. The third-order valence-electron chi connectivity index (χ3n) is 5.47. The molecular weight excluding hydrogens is 328 g/mol. The summed E-state index contributed by atoms with van der Waals surface area (Å²) in [6.07, 6.45) is 8.92. The molecule has 1 spiro atoms. The molecule has 1 atom stereocenters. The molecule has 1 aromatic rings. The monoisotopic (exact) mass is 358 g/mol. The quantitative estimate of drug-likeness (QED) is 0.850. The standard InChI is InChI=1S/C21H30N2O3/c1-17(24)22-16-20-9-10-21(26-20)11-14-23(15-12-21)13-3-4-18-5-7-19(25-2)8-6-18/h3-8,20H,9-16H2,1-2H3,(H,22,24)/b4-3+/t20-/m1/s1. The minimum absolute atomic E-state index is 0.0213. The van der Waals surface area contributed by atoms with Gasteiger partial charge in [0.15, 0.2) is 0 Å². The van der Waals surface area contributed by atoms with Crippen molar-refractivity contribution in [1.29, 1.82) is 0 Å². The molecular formula is C21H30N2O3. The van der Waals surface area contributed by atoms with E-state index >= 15 is 0 Å². The van der Waals surface area contributed by atoms with Gasteiger partial charge in [-0.05, 0) is 43.4 Å². The topological polar surface area (TPSA) is 50.8 Å². The summed E-state index contributed by atoms with van der Waals surface area (Å²) >= 11 is 0. The fourth-order valence-electron chi connectivity index (χ4n) is 3.86. The van der Waals surface area contributed by atoms with Gasteiger partial charge in [0.2, 0.25) is 5.91 Å². The molecule has 26 heavy (non-hydrogen) atoms. The first-order valence-corrected chi connectivity index (χ1v) is 9.54. The third-order valence-corrected chi connectivity index (χ3v) is 5.47. The Balaban J connectivity index is 1.41. The molecule has 2 fully saturated rings. The largest absolute Gasteiger partial charge is 0.497 e. The van der Waals surface area contributed by atoms with Gasteiger partial charge in [0.05, 0.1) is 18.8 Å². The maximum absolute atomic E-state index is 11.1. The molecule has 0 aliphatic carbocycles. The van der Waals surface area contributed by atoms with Gasteiger partial charge in [-0.25, -0.2) is 0 Å². The van der Waals surface area contributed by atoms with Crippen LogP contribution in [0.3, 0.4) is 0 Å². The molecule has 1 amide bonds. The summed E-state index contributed by atoms with van der Waals surface area (Å²) in [5.41, 5.74) is 1.23. The van der Waals surface area contributed by atoms with Gasteiger partial charge in [-0.3, -0.25) is 9.69 Å². The molecule has 1 N–H and O–H groups in total. The Bertz CT molecular complexity index is 619. The zero-order valence-electron chi connectivity index (χ0n) is 15.9. The number of carbonyl (C=O) groups excluding carboxylic acids is 1. The van der Waals surface area contributed by atoms with Crippen LogP contribution in [0.15, 0.2) is 30.3 Å². The maximum atomic E-state index is 11.1. The highest BCUT2D eigenvalue weighted by Gasteiger charge is 2.42. The Morgan fingerprint density at radius 2 is 2.04 bits per heavy atom. The van der Waals surface area contributed by atoms with E-state index in [1.807, 2.05) is 12.1 Å². The molecule has 0 bridgehead atoms. The molecule has 142 valence electrons. The second-order valence-corrected chi connectivity index (χ2v) is 7.37. The van der Waals surface area contributed by atoms with Crippen LogP contribution in [0.1, 0.15) is 38.2 Å². The smallest absolute Gasteiger partial charge is 0.216 e. The fraction of sp³-hybridized carbons (Fsp3) is 0.571. The number of carbonyl (C=O) groups is 1. The molecule has 2 aliphatic rings. The van der Waals surface area contributed by atoms with E-state index in [1.54, 1.807) is 14.0 Å². The van der Waals surface area contributed by atoms with E-state index in [1.165, 1.54) is 5.56 Å². The summed E-state index contributed by atoms with van der Waals surface area (Å²) in [5, 5.41) is 2.88. The van der Waals surface area contributed by atoms with Crippen molar-refractivity contribution in [2.45, 2.75) is 44.3 Å². The molecule has 2 saturated heterocycles. The third kappa shape index (κ3) is 5.08. The minimum Gasteiger partial charge on any atom is -0.497 e. The number of amides is 1. The molecule has 0 radical (unpaired) electrons.